The van der Waals surface area contributed by atoms with Crippen LogP contribution in [0.3, 0.4) is 0 Å². The highest BCUT2D eigenvalue weighted by Gasteiger charge is 2.59. The van der Waals surface area contributed by atoms with Crippen molar-refractivity contribution in [1.29, 1.82) is 0 Å². The van der Waals surface area contributed by atoms with Crippen LogP contribution in [0.4, 0.5) is 10.5 Å². The number of aromatic nitrogens is 4. The number of carbonyl (C=O) groups excluding carboxylic acids is 1. The van der Waals surface area contributed by atoms with Gasteiger partial charge in [-0.05, 0) is 211 Å². The molecule has 2 aliphatic heterocycles. The van der Waals surface area contributed by atoms with E-state index in [2.05, 4.69) is 56.0 Å². The van der Waals surface area contributed by atoms with Gasteiger partial charge in [-0.25, -0.2) is 14.8 Å². The van der Waals surface area contributed by atoms with E-state index in [9.17, 15) is 43.7 Å². The Bertz CT molecular complexity index is 4600. The Hall–Kier alpha value is -7.78. The molecular weight excluding hydrogens is 1210 g/mol. The zero-order valence-electron chi connectivity index (χ0n) is 51.5. The van der Waals surface area contributed by atoms with Crippen molar-refractivity contribution in [3.63, 3.8) is 0 Å². The molecule has 4 aliphatic carbocycles. The van der Waals surface area contributed by atoms with Crippen molar-refractivity contribution in [3.8, 4) is 44.5 Å². The van der Waals surface area contributed by atoms with Gasteiger partial charge in [0.05, 0.1) is 37.5 Å². The van der Waals surface area contributed by atoms with E-state index in [1.54, 1.807) is 48.6 Å². The maximum absolute atomic E-state index is 13.9. The van der Waals surface area contributed by atoms with Crippen molar-refractivity contribution < 1.29 is 48.4 Å². The molecule has 7 aromatic rings. The van der Waals surface area contributed by atoms with E-state index in [-0.39, 0.29) is 26.2 Å². The molecule has 3 fully saturated rings. The van der Waals surface area contributed by atoms with Gasteiger partial charge in [-0.2, -0.15) is 25.3 Å². The maximum Gasteiger partial charge on any atom is 0.411 e. The molecule has 3 saturated carbocycles. The van der Waals surface area contributed by atoms with E-state index in [4.69, 9.17) is 14.7 Å². The maximum atomic E-state index is 13.9. The first-order chi connectivity index (χ1) is 43.3. The molecule has 0 spiro atoms. The number of nitrogens with zero attached hydrogens (tertiary/aromatic N) is 2. The van der Waals surface area contributed by atoms with E-state index in [1.165, 1.54) is 86.9 Å². The number of rotatable bonds is 14. The van der Waals surface area contributed by atoms with Crippen LogP contribution in [0.5, 0.6) is 0 Å². The van der Waals surface area contributed by atoms with Gasteiger partial charge in [0.15, 0.2) is 0 Å². The first-order valence-electron chi connectivity index (χ1n) is 31.5. The van der Waals surface area contributed by atoms with Gasteiger partial charge in [0, 0.05) is 56.4 Å². The first kappa shape index (κ1) is 62.0. The number of amides is 1. The standard InChI is InChI=1S/C72H75N5O11S3/c1-42(2)7-6-8-43(3)55-27-28-56-54-26-17-48-41-50(37-39-71(48,4)57(54)38-40-72(55,56)5)88-70(78)73-49-18-9-44(10-19-49)66-58-29-31-60(74-58)67(45-11-20-51(21-12-45)89(79,80)81)62-33-35-64(76-62)69(47-15-24-53(25-16-47)91(85,86)87)65-36-34-63(77-65)68(61-32-30-59(66)75-61)46-13-22-52(23-14-46)90(82,83)84/h9-25,29-36,42-43,50,54-57,74,77H,6-8,26-28,37-41H2,1-5H3,(H,73,78)(H,79,80,81)(H,82,83,84)(H,85,86,87)/t43-,50+,54+,55-,56+,57+,71+,72-/m1/s1. The number of hydrogen-bond donors (Lipinski definition) is 6. The summed E-state index contributed by atoms with van der Waals surface area (Å²) in [7, 11) is -13.6. The number of aromatic amines is 2. The quantitative estimate of drug-likeness (QED) is 0.0438. The van der Waals surface area contributed by atoms with Crippen LogP contribution in [0.1, 0.15) is 128 Å². The fourth-order valence-corrected chi connectivity index (χ4v) is 18.0. The number of carbonyl (C=O) groups is 1. The number of ether oxygens (including phenoxy) is 1. The van der Waals surface area contributed by atoms with Crippen LogP contribution < -0.4 is 5.32 Å². The smallest absolute Gasteiger partial charge is 0.411 e. The minimum atomic E-state index is -4.55. The summed E-state index contributed by atoms with van der Waals surface area (Å²) >= 11 is 0. The zero-order chi connectivity index (χ0) is 63.9. The molecule has 19 heteroatoms. The molecule has 0 unspecified atom stereocenters. The second kappa shape index (κ2) is 23.7. The van der Waals surface area contributed by atoms with Gasteiger partial charge in [-0.15, -0.1) is 0 Å². The van der Waals surface area contributed by atoms with Crippen molar-refractivity contribution >= 4 is 88.5 Å². The second-order valence-corrected chi connectivity index (χ2v) is 31.0. The largest absolute Gasteiger partial charge is 0.446 e. The van der Waals surface area contributed by atoms with Crippen molar-refractivity contribution in [2.24, 2.45) is 46.3 Å². The molecule has 8 atom stereocenters. The lowest BCUT2D eigenvalue weighted by Gasteiger charge is -2.58. The van der Waals surface area contributed by atoms with Crippen molar-refractivity contribution in [2.45, 2.75) is 126 Å². The summed E-state index contributed by atoms with van der Waals surface area (Å²) in [5.74, 6) is 4.45. The Morgan fingerprint density at radius 3 is 1.41 bits per heavy atom. The van der Waals surface area contributed by atoms with E-state index < -0.39 is 36.4 Å². The van der Waals surface area contributed by atoms with Crippen LogP contribution >= 0.6 is 0 Å². The molecule has 8 bridgehead atoms. The summed E-state index contributed by atoms with van der Waals surface area (Å²) in [4.78, 5) is 30.6. The summed E-state index contributed by atoms with van der Waals surface area (Å²) in [6.45, 7) is 12.3. The Morgan fingerprint density at radius 2 is 0.989 bits per heavy atom. The Balaban J connectivity index is 0.854. The van der Waals surface area contributed by atoms with Crippen molar-refractivity contribution in [2.75, 3.05) is 5.32 Å². The van der Waals surface area contributed by atoms with Gasteiger partial charge in [-0.3, -0.25) is 19.0 Å². The van der Waals surface area contributed by atoms with Crippen molar-refractivity contribution in [1.82, 2.24) is 19.9 Å². The van der Waals surface area contributed by atoms with Crippen LogP contribution in [-0.2, 0) is 35.1 Å². The molecule has 0 saturated heterocycles. The van der Waals surface area contributed by atoms with E-state index >= 15 is 0 Å². The van der Waals surface area contributed by atoms with Crippen LogP contribution in [0.2, 0.25) is 0 Å². The summed E-state index contributed by atoms with van der Waals surface area (Å²) in [6, 6.07) is 32.0. The van der Waals surface area contributed by atoms with Gasteiger partial charge in [0.2, 0.25) is 0 Å². The molecule has 5 heterocycles. The molecule has 6 N–H and O–H groups in total. The van der Waals surface area contributed by atoms with Crippen LogP contribution in [-0.4, -0.2) is 71.0 Å². The predicted molar refractivity (Wildman–Crippen MR) is 357 cm³/mol. The fourth-order valence-electron chi connectivity index (χ4n) is 16.6. The minimum Gasteiger partial charge on any atom is -0.446 e. The molecular formula is C72H75N5O11S3. The summed E-state index contributed by atoms with van der Waals surface area (Å²) in [5, 5.41) is 3.01. The highest BCUT2D eigenvalue weighted by molar-refractivity contribution is 7.86. The third-order valence-electron chi connectivity index (χ3n) is 21.0. The van der Waals surface area contributed by atoms with Gasteiger partial charge in [0.1, 0.15) is 6.10 Å². The predicted octanol–water partition coefficient (Wildman–Crippen LogP) is 17.0. The third-order valence-corrected chi connectivity index (χ3v) is 23.6. The SMILES string of the molecule is CC(C)CCC[C@@H](C)[C@H]1CC[C@H]2[C@@H]3CC=C4C[C@@H](OC(=O)Nc5ccc(-c6c7nc(c(-c8ccc(S(=O)(=O)O)cc8)c8ccc([nH]8)c(-c8ccc(S(=O)(=O)O)cc8)c8nc(c(-c9ccc(S(=O)(=O)O)cc9)c9ccc6[nH]9)C=C8)C=C7)cc5)CC[C@]4(C)[C@H]3CC[C@]12C. The summed E-state index contributed by atoms with van der Waals surface area (Å²) < 4.78 is 110. The number of hydrogen-bond acceptors (Lipinski definition) is 10. The third kappa shape index (κ3) is 12.0. The van der Waals surface area contributed by atoms with E-state index in [0.717, 1.165) is 49.4 Å². The molecule has 3 aromatic heterocycles. The summed E-state index contributed by atoms with van der Waals surface area (Å²) in [6.07, 6.45) is 22.0. The van der Waals surface area contributed by atoms with E-state index in [1.807, 2.05) is 60.7 Å². The molecule has 4 aromatic carbocycles. The molecule has 91 heavy (non-hydrogen) atoms. The van der Waals surface area contributed by atoms with Gasteiger partial charge < -0.3 is 14.7 Å². The minimum absolute atomic E-state index is 0.107. The van der Waals surface area contributed by atoms with Crippen LogP contribution in [0, 0.1) is 46.3 Å². The average molecular weight is 1280 g/mol. The molecule has 16 nitrogen and oxygen atoms in total. The summed E-state index contributed by atoms with van der Waals surface area (Å²) in [5.41, 5.74) is 11.3. The number of nitrogens with one attached hydrogen (secondary N) is 3. The topological polar surface area (TPSA) is 259 Å². The van der Waals surface area contributed by atoms with Gasteiger partial charge >= 0.3 is 6.09 Å². The molecule has 472 valence electrons. The number of anilines is 1. The Labute approximate surface area is 531 Å². The van der Waals surface area contributed by atoms with Crippen LogP contribution in [0.25, 0.3) is 90.9 Å². The normalized spacial score (nSPS) is 23.3. The number of benzene rings is 4. The lowest BCUT2D eigenvalue weighted by molar-refractivity contribution is -0.0577. The lowest BCUT2D eigenvalue weighted by Crippen LogP contribution is -2.51. The zero-order valence-corrected chi connectivity index (χ0v) is 53.9. The fraction of sp³-hybridized carbons (Fsp3) is 0.347. The highest BCUT2D eigenvalue weighted by atomic mass is 32.2. The number of allylic oxidation sites excluding steroid dienone is 1. The molecule has 1 amide bonds. The number of fused-ring (bicyclic) bond motifs is 13. The lowest BCUT2D eigenvalue weighted by atomic mass is 9.47. The highest BCUT2D eigenvalue weighted by Crippen LogP contribution is 2.67. The monoisotopic (exact) mass is 1280 g/mol. The Kier molecular flexibility index (Phi) is 16.2. The number of H-pyrrole nitrogens is 2. The van der Waals surface area contributed by atoms with Gasteiger partial charge in [0.25, 0.3) is 30.4 Å². The second-order valence-electron chi connectivity index (χ2n) is 26.8. The molecule has 13 rings (SSSR count). The molecule has 6 aliphatic rings. The average Bonchev–Trinajstić information content (AvgIpc) is 1.71. The molecule has 0 radical (unpaired) electrons. The van der Waals surface area contributed by atoms with E-state index in [0.29, 0.717) is 112 Å². The first-order valence-corrected chi connectivity index (χ1v) is 35.8. The van der Waals surface area contributed by atoms with Crippen LogP contribution in [0.15, 0.2) is 148 Å². The van der Waals surface area contributed by atoms with Gasteiger partial charge in [-0.1, -0.05) is 114 Å². The Morgan fingerprint density at radius 1 is 0.560 bits per heavy atom. The van der Waals surface area contributed by atoms with Crippen molar-refractivity contribution in [3.05, 3.63) is 156 Å².